The molecule has 4 heteroatoms. The average Bonchev–Trinajstić information content (AvgIpc) is 1.66. The largest absolute Gasteiger partial charge is 0.310 e. The number of fused-ring (bicyclic) bond motifs is 23. The van der Waals surface area contributed by atoms with Crippen molar-refractivity contribution in [1.29, 1.82) is 0 Å². The highest BCUT2D eigenvalue weighted by molar-refractivity contribution is 6.22. The summed E-state index contributed by atoms with van der Waals surface area (Å²) in [5, 5.41) is 17.6. The minimum Gasteiger partial charge on any atom is -0.310 e. The van der Waals surface area contributed by atoms with E-state index in [1.807, 2.05) is 0 Å². The van der Waals surface area contributed by atoms with Crippen LogP contribution in [0.3, 0.4) is 0 Å². The molecule has 0 bridgehead atoms. The lowest BCUT2D eigenvalue weighted by Crippen LogP contribution is -2.16. The molecular formula is C138H98N4. The summed E-state index contributed by atoms with van der Waals surface area (Å²) in [6.07, 6.45) is 0. The third-order valence-corrected chi connectivity index (χ3v) is 30.2. The maximum atomic E-state index is 2.48. The SMILES string of the molecule is CC1(C)c2ccccc2-c2ccc(N(c3ccc(-c4ccccc4)cc3)c3ccc(-c4ccc5c(c4)c4ccccc4n5-c4ccccc4)c4c3ccc3ccccc34)cc21.CC1(C)c2ccccc2-c2ccc(N(c3ccc(-c4ccccc4)cc3)c3ccccc3-c3cccc4ccc5ccccc5c34)cc21.c1ccc2c(c1)-c1ccccc1N(c1cccc3ccc4ccccc4c13)c1ccccc1-2. The van der Waals surface area contributed by atoms with Crippen molar-refractivity contribution in [2.75, 3.05) is 14.7 Å². The van der Waals surface area contributed by atoms with Gasteiger partial charge >= 0.3 is 0 Å². The predicted octanol–water partition coefficient (Wildman–Crippen LogP) is 38.4. The van der Waals surface area contributed by atoms with Crippen LogP contribution in [-0.2, 0) is 10.8 Å². The molecule has 0 amide bonds. The second-order valence-electron chi connectivity index (χ2n) is 38.8. The maximum absolute atomic E-state index is 2.48. The van der Waals surface area contributed by atoms with E-state index in [1.54, 1.807) is 0 Å². The summed E-state index contributed by atoms with van der Waals surface area (Å²) in [5.41, 5.74) is 39.3. The summed E-state index contributed by atoms with van der Waals surface area (Å²) in [6.45, 7) is 9.45. The Balaban J connectivity index is 0.000000114. The fourth-order valence-corrected chi connectivity index (χ4v) is 23.5. The van der Waals surface area contributed by atoms with Crippen molar-refractivity contribution in [1.82, 2.24) is 4.57 Å². The minimum atomic E-state index is -0.130. The van der Waals surface area contributed by atoms with Crippen LogP contribution in [0.1, 0.15) is 49.9 Å². The lowest BCUT2D eigenvalue weighted by Gasteiger charge is -2.30. The fourth-order valence-electron chi connectivity index (χ4n) is 23.5. The van der Waals surface area contributed by atoms with Gasteiger partial charge in [0.1, 0.15) is 0 Å². The van der Waals surface area contributed by atoms with Gasteiger partial charge in [0.15, 0.2) is 0 Å². The monoisotopic (exact) mass is 1810 g/mol. The Morgan fingerprint density at radius 2 is 0.542 bits per heavy atom. The van der Waals surface area contributed by atoms with Crippen molar-refractivity contribution in [3.8, 4) is 94.7 Å². The summed E-state index contributed by atoms with van der Waals surface area (Å²) in [4.78, 5) is 7.39. The number of hydrogen-bond donors (Lipinski definition) is 0. The van der Waals surface area contributed by atoms with Gasteiger partial charge in [0.2, 0.25) is 0 Å². The van der Waals surface area contributed by atoms with Gasteiger partial charge in [-0.15, -0.1) is 0 Å². The summed E-state index contributed by atoms with van der Waals surface area (Å²) in [6, 6.07) is 191. The molecule has 1 aliphatic heterocycles. The van der Waals surface area contributed by atoms with Gasteiger partial charge in [0, 0.05) is 77.5 Å². The Labute approximate surface area is 828 Å². The molecule has 0 N–H and O–H groups in total. The second kappa shape index (κ2) is 34.6. The summed E-state index contributed by atoms with van der Waals surface area (Å²) >= 11 is 0. The lowest BCUT2D eigenvalue weighted by atomic mass is 9.82. The van der Waals surface area contributed by atoms with Gasteiger partial charge in [-0.3, -0.25) is 0 Å². The van der Waals surface area contributed by atoms with E-state index in [0.717, 1.165) is 39.8 Å². The number of nitrogens with zero attached hydrogens (tertiary/aromatic N) is 4. The van der Waals surface area contributed by atoms with E-state index in [0.29, 0.717) is 0 Å². The van der Waals surface area contributed by atoms with Crippen molar-refractivity contribution in [2.45, 2.75) is 38.5 Å². The number of para-hydroxylation sites is 5. The number of rotatable bonds is 12. The summed E-state index contributed by atoms with van der Waals surface area (Å²) in [7, 11) is 0. The normalized spacial score (nSPS) is 12.7. The van der Waals surface area contributed by atoms with E-state index in [4.69, 9.17) is 0 Å². The van der Waals surface area contributed by atoms with Gasteiger partial charge in [0.25, 0.3) is 0 Å². The Hall–Kier alpha value is -18.0. The van der Waals surface area contributed by atoms with Gasteiger partial charge in [-0.1, -0.05) is 440 Å². The fraction of sp³-hybridized carbons (Fsp3) is 0.0435. The first-order valence-electron chi connectivity index (χ1n) is 49.4. The van der Waals surface area contributed by atoms with Crippen molar-refractivity contribution in [3.63, 3.8) is 0 Å². The molecular weight excluding hydrogens is 1710 g/mol. The predicted molar refractivity (Wildman–Crippen MR) is 604 cm³/mol. The van der Waals surface area contributed by atoms with E-state index in [2.05, 4.69) is 569 Å². The van der Waals surface area contributed by atoms with Gasteiger partial charge in [0.05, 0.1) is 39.5 Å². The highest BCUT2D eigenvalue weighted by Gasteiger charge is 2.39. The third-order valence-electron chi connectivity index (χ3n) is 30.2. The maximum Gasteiger partial charge on any atom is 0.0546 e. The zero-order valence-corrected chi connectivity index (χ0v) is 79.4. The van der Waals surface area contributed by atoms with Crippen LogP contribution in [-0.4, -0.2) is 4.57 Å². The molecule has 0 spiro atoms. The van der Waals surface area contributed by atoms with Crippen LogP contribution >= 0.6 is 0 Å². The van der Waals surface area contributed by atoms with Crippen molar-refractivity contribution in [2.24, 2.45) is 0 Å². The van der Waals surface area contributed by atoms with Gasteiger partial charge in [-0.25, -0.2) is 0 Å². The molecule has 24 aromatic carbocycles. The molecule has 670 valence electrons. The molecule has 28 rings (SSSR count). The zero-order valence-electron chi connectivity index (χ0n) is 79.4. The molecule has 3 aliphatic rings. The quantitative estimate of drug-likeness (QED) is 0.113. The number of hydrogen-bond acceptors (Lipinski definition) is 3. The molecule has 0 saturated carbocycles. The number of benzene rings is 24. The molecule has 2 aliphatic carbocycles. The molecule has 142 heavy (non-hydrogen) atoms. The Morgan fingerprint density at radius 3 is 1.11 bits per heavy atom. The first-order valence-corrected chi connectivity index (χ1v) is 49.4. The average molecular weight is 1810 g/mol. The van der Waals surface area contributed by atoms with E-state index in [1.165, 1.54) is 215 Å². The van der Waals surface area contributed by atoms with E-state index < -0.39 is 0 Å². The van der Waals surface area contributed by atoms with Crippen molar-refractivity contribution >= 4 is 138 Å². The highest BCUT2D eigenvalue weighted by Crippen LogP contribution is 2.58. The zero-order chi connectivity index (χ0) is 94.7. The van der Waals surface area contributed by atoms with Crippen LogP contribution in [0.5, 0.6) is 0 Å². The van der Waals surface area contributed by atoms with Crippen LogP contribution in [0.2, 0.25) is 0 Å². The van der Waals surface area contributed by atoms with Crippen molar-refractivity contribution in [3.05, 3.63) is 544 Å². The first kappa shape index (κ1) is 84.5. The Morgan fingerprint density at radius 1 is 0.176 bits per heavy atom. The number of anilines is 9. The van der Waals surface area contributed by atoms with Crippen LogP contribution in [0.4, 0.5) is 51.2 Å². The molecule has 1 aromatic heterocycles. The first-order chi connectivity index (χ1) is 70.0. The minimum absolute atomic E-state index is 0.0984. The van der Waals surface area contributed by atoms with Crippen LogP contribution in [0.25, 0.3) is 181 Å². The highest BCUT2D eigenvalue weighted by atomic mass is 15.2. The summed E-state index contributed by atoms with van der Waals surface area (Å²) < 4.78 is 2.39. The van der Waals surface area contributed by atoms with E-state index in [-0.39, 0.29) is 10.8 Å². The van der Waals surface area contributed by atoms with Crippen LogP contribution < -0.4 is 14.7 Å². The molecule has 0 radical (unpaired) electrons. The summed E-state index contributed by atoms with van der Waals surface area (Å²) in [5.74, 6) is 0. The topological polar surface area (TPSA) is 14.7 Å². The van der Waals surface area contributed by atoms with Gasteiger partial charge in [-0.2, -0.15) is 0 Å². The third kappa shape index (κ3) is 14.2. The van der Waals surface area contributed by atoms with Crippen LogP contribution in [0, 0.1) is 0 Å². The van der Waals surface area contributed by atoms with Gasteiger partial charge < -0.3 is 19.3 Å². The molecule has 0 atom stereocenters. The standard InChI is InChI=1S/C59H42N2.C47H35N.C32H21N/c1-59(2)53-23-13-11-21-48(53)49-33-31-45(38-54(49)59)60(44-29-25-40(26-30-44)39-15-5-3-6-16-39)56-36-34-47(58-46-20-10-9-17-41(46)27-32-51(56)58)42-28-35-57-52(37-42)50-22-12-14-24-55(50)61(57)43-18-7-4-8-19-43;1-47(2)43-21-10-8-18-39(43)40-30-29-37(31-44(40)47)48(36-27-25-33(26-28-36)32-13-4-3-5-14-32)45-22-11-9-19-41(45)42-20-12-16-35-24-23-34-15-6-7-17-38(34)46(35)42;1-2-12-24-22(10-1)20-21-23-11-9-19-31(32(23)24)33-29-17-7-5-15-27(29)25-13-3-4-14-26(25)28-16-6-8-18-30(28)33/h3-38H,1-2H3;3-31H,1-2H3;1-21H. The molecule has 0 saturated heterocycles. The van der Waals surface area contributed by atoms with E-state index in [9.17, 15) is 0 Å². The Kier molecular flexibility index (Phi) is 20.6. The van der Waals surface area contributed by atoms with Crippen molar-refractivity contribution < 1.29 is 0 Å². The van der Waals surface area contributed by atoms with Gasteiger partial charge in [-0.05, 0) is 258 Å². The lowest BCUT2D eigenvalue weighted by molar-refractivity contribution is 0.660. The molecule has 0 unspecified atom stereocenters. The molecule has 25 aromatic rings. The second-order valence-corrected chi connectivity index (χ2v) is 38.8. The van der Waals surface area contributed by atoms with Crippen LogP contribution in [0.15, 0.2) is 522 Å². The number of aromatic nitrogens is 1. The molecule has 2 heterocycles. The Bertz CT molecular complexity index is 9220. The molecule has 4 nitrogen and oxygen atoms in total. The molecule has 0 fully saturated rings. The van der Waals surface area contributed by atoms with E-state index >= 15 is 0 Å². The smallest absolute Gasteiger partial charge is 0.0546 e.